The lowest BCUT2D eigenvalue weighted by atomic mass is 10.1. The van der Waals surface area contributed by atoms with Crippen molar-refractivity contribution in [2.45, 2.75) is 6.92 Å². The molecule has 0 aliphatic carbocycles. The Morgan fingerprint density at radius 1 is 1.06 bits per heavy atom. The third-order valence-corrected chi connectivity index (χ3v) is 5.95. The highest BCUT2D eigenvalue weighted by atomic mass is 32.1. The smallest absolute Gasteiger partial charge is 0.341 e. The van der Waals surface area contributed by atoms with E-state index in [1.807, 2.05) is 17.5 Å². The van der Waals surface area contributed by atoms with E-state index < -0.39 is 42.7 Å². The van der Waals surface area contributed by atoms with Crippen LogP contribution in [0, 0.1) is 5.82 Å². The lowest BCUT2D eigenvalue weighted by molar-refractivity contribution is -0.146. The Kier molecular flexibility index (Phi) is 8.28. The Labute approximate surface area is 196 Å². The predicted octanol–water partition coefficient (Wildman–Crippen LogP) is 3.70. The van der Waals surface area contributed by atoms with E-state index >= 15 is 0 Å². The van der Waals surface area contributed by atoms with Gasteiger partial charge in [0.2, 0.25) is 0 Å². The van der Waals surface area contributed by atoms with Gasteiger partial charge >= 0.3 is 11.9 Å². The predicted molar refractivity (Wildman–Crippen MR) is 122 cm³/mol. The summed E-state index contributed by atoms with van der Waals surface area (Å²) in [4.78, 5) is 49.4. The van der Waals surface area contributed by atoms with Gasteiger partial charge in [-0.25, -0.2) is 9.18 Å². The van der Waals surface area contributed by atoms with Crippen LogP contribution in [0.2, 0.25) is 0 Å². The average Bonchev–Trinajstić information content (AvgIpc) is 3.46. The molecule has 33 heavy (non-hydrogen) atoms. The molecular weight excluding hydrogens is 471 g/mol. The maximum Gasteiger partial charge on any atom is 0.341 e. The molecule has 0 unspecified atom stereocenters. The van der Waals surface area contributed by atoms with Crippen LogP contribution in [0.4, 0.5) is 9.39 Å². The van der Waals surface area contributed by atoms with Crippen LogP contribution in [0.5, 0.6) is 0 Å². The minimum absolute atomic E-state index is 0.0475. The molecule has 2 heterocycles. The zero-order chi connectivity index (χ0) is 23.8. The molecule has 0 fully saturated rings. The number of carbonyl (C=O) groups is 4. The van der Waals surface area contributed by atoms with Crippen LogP contribution in [0.25, 0.3) is 10.4 Å². The first-order valence-electron chi connectivity index (χ1n) is 9.70. The summed E-state index contributed by atoms with van der Waals surface area (Å²) in [5, 5.41) is 8.73. The second-order valence-electron chi connectivity index (χ2n) is 6.45. The molecule has 0 saturated carbocycles. The molecule has 8 nitrogen and oxygen atoms in total. The SMILES string of the molecule is CCOC(=O)c1c(-c2cccs2)csc1NC(=O)COC(=O)CNC(=O)c1cccc(F)c1. The largest absolute Gasteiger partial charge is 0.462 e. The summed E-state index contributed by atoms with van der Waals surface area (Å²) in [6.45, 7) is 0.728. The van der Waals surface area contributed by atoms with Gasteiger partial charge < -0.3 is 20.1 Å². The molecule has 3 aromatic rings. The Balaban J connectivity index is 1.55. The van der Waals surface area contributed by atoms with Crippen molar-refractivity contribution in [3.8, 4) is 10.4 Å². The van der Waals surface area contributed by atoms with Crippen molar-refractivity contribution < 1.29 is 33.0 Å². The van der Waals surface area contributed by atoms with Crippen LogP contribution in [-0.4, -0.2) is 43.5 Å². The van der Waals surface area contributed by atoms with Crippen molar-refractivity contribution in [3.05, 3.63) is 64.1 Å². The summed E-state index contributed by atoms with van der Waals surface area (Å²) in [5.74, 6) is -3.33. The molecule has 0 atom stereocenters. The number of hydrogen-bond acceptors (Lipinski definition) is 8. The average molecular weight is 491 g/mol. The number of amides is 2. The summed E-state index contributed by atoms with van der Waals surface area (Å²) < 4.78 is 23.2. The molecule has 172 valence electrons. The number of benzene rings is 1. The lowest BCUT2D eigenvalue weighted by Crippen LogP contribution is -2.32. The molecule has 0 radical (unpaired) electrons. The topological polar surface area (TPSA) is 111 Å². The highest BCUT2D eigenvalue weighted by Gasteiger charge is 2.23. The van der Waals surface area contributed by atoms with E-state index in [1.165, 1.54) is 29.5 Å². The zero-order valence-electron chi connectivity index (χ0n) is 17.4. The fourth-order valence-corrected chi connectivity index (χ4v) is 4.50. The van der Waals surface area contributed by atoms with Gasteiger partial charge in [-0.2, -0.15) is 0 Å². The first-order valence-corrected chi connectivity index (χ1v) is 11.5. The van der Waals surface area contributed by atoms with E-state index in [9.17, 15) is 23.6 Å². The van der Waals surface area contributed by atoms with Gasteiger partial charge in [-0.1, -0.05) is 12.1 Å². The van der Waals surface area contributed by atoms with Crippen molar-refractivity contribution in [1.82, 2.24) is 5.32 Å². The van der Waals surface area contributed by atoms with Crippen LogP contribution >= 0.6 is 22.7 Å². The first kappa shape index (κ1) is 24.1. The third-order valence-electron chi connectivity index (χ3n) is 4.15. The quantitative estimate of drug-likeness (QED) is 0.443. The van der Waals surface area contributed by atoms with E-state index in [0.29, 0.717) is 5.56 Å². The second kappa shape index (κ2) is 11.3. The van der Waals surface area contributed by atoms with Crippen LogP contribution in [0.1, 0.15) is 27.6 Å². The van der Waals surface area contributed by atoms with Gasteiger partial charge in [-0.3, -0.25) is 14.4 Å². The molecule has 0 saturated heterocycles. The Morgan fingerprint density at radius 2 is 1.88 bits per heavy atom. The normalized spacial score (nSPS) is 10.4. The number of anilines is 1. The van der Waals surface area contributed by atoms with Gasteiger partial charge in [-0.15, -0.1) is 22.7 Å². The number of hydrogen-bond donors (Lipinski definition) is 2. The maximum absolute atomic E-state index is 13.2. The number of rotatable bonds is 9. The molecule has 11 heteroatoms. The molecule has 1 aromatic carbocycles. The lowest BCUT2D eigenvalue weighted by Gasteiger charge is -2.09. The van der Waals surface area contributed by atoms with Crippen LogP contribution < -0.4 is 10.6 Å². The minimum Gasteiger partial charge on any atom is -0.462 e. The highest BCUT2D eigenvalue weighted by molar-refractivity contribution is 7.17. The van der Waals surface area contributed by atoms with Gasteiger partial charge in [0, 0.05) is 21.4 Å². The molecule has 2 N–H and O–H groups in total. The molecule has 2 amide bonds. The molecule has 0 bridgehead atoms. The second-order valence-corrected chi connectivity index (χ2v) is 8.28. The summed E-state index contributed by atoms with van der Waals surface area (Å²) in [6, 6.07) is 8.67. The summed E-state index contributed by atoms with van der Waals surface area (Å²) in [7, 11) is 0. The number of halogens is 1. The molecule has 2 aromatic heterocycles. The van der Waals surface area contributed by atoms with E-state index in [1.54, 1.807) is 12.3 Å². The zero-order valence-corrected chi connectivity index (χ0v) is 19.0. The van der Waals surface area contributed by atoms with Gasteiger partial charge in [0.25, 0.3) is 11.8 Å². The summed E-state index contributed by atoms with van der Waals surface area (Å²) in [6.07, 6.45) is 0. The van der Waals surface area contributed by atoms with Crippen molar-refractivity contribution in [2.24, 2.45) is 0 Å². The van der Waals surface area contributed by atoms with E-state index in [-0.39, 0.29) is 22.7 Å². The van der Waals surface area contributed by atoms with Crippen molar-refractivity contribution in [2.75, 3.05) is 25.1 Å². The third kappa shape index (κ3) is 6.46. The van der Waals surface area contributed by atoms with Gasteiger partial charge in [-0.05, 0) is 36.6 Å². The van der Waals surface area contributed by atoms with E-state index in [4.69, 9.17) is 9.47 Å². The van der Waals surface area contributed by atoms with E-state index in [2.05, 4.69) is 10.6 Å². The molecule has 0 spiro atoms. The van der Waals surface area contributed by atoms with Crippen LogP contribution in [0.15, 0.2) is 47.2 Å². The molecule has 3 rings (SSSR count). The fraction of sp³-hybridized carbons (Fsp3) is 0.182. The first-order chi connectivity index (χ1) is 15.9. The van der Waals surface area contributed by atoms with Gasteiger partial charge in [0.15, 0.2) is 6.61 Å². The van der Waals surface area contributed by atoms with Gasteiger partial charge in [0.05, 0.1) is 6.61 Å². The molecule has 0 aliphatic rings. The Morgan fingerprint density at radius 3 is 2.58 bits per heavy atom. The molecular formula is C22H19FN2O6S2. The summed E-state index contributed by atoms with van der Waals surface area (Å²) >= 11 is 2.59. The number of nitrogens with one attached hydrogen (secondary N) is 2. The minimum atomic E-state index is -0.856. The van der Waals surface area contributed by atoms with Crippen molar-refractivity contribution >= 4 is 51.4 Å². The standard InChI is InChI=1S/C22H19FN2O6S2/c1-2-30-22(29)19-15(16-7-4-8-32-16)12-33-21(19)25-17(26)11-31-18(27)10-24-20(28)13-5-3-6-14(23)9-13/h3-9,12H,2,10-11H2,1H3,(H,24,28)(H,25,26). The number of carbonyl (C=O) groups excluding carboxylic acids is 4. The number of thiophene rings is 2. The Hall–Kier alpha value is -3.57. The fourth-order valence-electron chi connectivity index (χ4n) is 2.71. The van der Waals surface area contributed by atoms with Crippen molar-refractivity contribution in [3.63, 3.8) is 0 Å². The Bertz CT molecular complexity index is 1160. The van der Waals surface area contributed by atoms with Gasteiger partial charge in [0.1, 0.15) is 22.9 Å². The van der Waals surface area contributed by atoms with Crippen LogP contribution in [0.3, 0.4) is 0 Å². The summed E-state index contributed by atoms with van der Waals surface area (Å²) in [5.41, 5.74) is 0.915. The van der Waals surface area contributed by atoms with Crippen LogP contribution in [-0.2, 0) is 19.1 Å². The monoisotopic (exact) mass is 490 g/mol. The maximum atomic E-state index is 13.2. The highest BCUT2D eigenvalue weighted by Crippen LogP contribution is 2.38. The number of ether oxygens (including phenoxy) is 2. The number of esters is 2. The van der Waals surface area contributed by atoms with E-state index in [0.717, 1.165) is 22.3 Å². The molecule has 0 aliphatic heterocycles. The van der Waals surface area contributed by atoms with Crippen molar-refractivity contribution in [1.29, 1.82) is 0 Å².